The number of imidazole rings is 1. The number of nitrogens with zero attached hydrogens (tertiary/aromatic N) is 2. The second kappa shape index (κ2) is 3.42. The van der Waals surface area contributed by atoms with Gasteiger partial charge in [0.1, 0.15) is 0 Å². The number of fused-ring (bicyclic) bond motifs is 1. The lowest BCUT2D eigenvalue weighted by atomic mass is 9.82. The van der Waals surface area contributed by atoms with Crippen molar-refractivity contribution in [2.75, 3.05) is 0 Å². The van der Waals surface area contributed by atoms with Crippen molar-refractivity contribution in [1.82, 2.24) is 14.5 Å². The van der Waals surface area contributed by atoms with Gasteiger partial charge >= 0.3 is 0 Å². The summed E-state index contributed by atoms with van der Waals surface area (Å²) >= 11 is 5.40. The standard InChI is InChI=1S/C12H15N3S/c1-7-5-9(6-7)15-11-10(14-12(15)16)8(2)3-4-13-11/h3-4,7,9H,5-6H2,1-2H3,(H,14,16). The molecular weight excluding hydrogens is 218 g/mol. The topological polar surface area (TPSA) is 33.6 Å². The van der Waals surface area contributed by atoms with Gasteiger partial charge in [0.15, 0.2) is 10.4 Å². The molecule has 0 amide bonds. The lowest BCUT2D eigenvalue weighted by Gasteiger charge is -2.33. The summed E-state index contributed by atoms with van der Waals surface area (Å²) < 4.78 is 3.01. The van der Waals surface area contributed by atoms with E-state index in [0.29, 0.717) is 6.04 Å². The number of hydrogen-bond acceptors (Lipinski definition) is 2. The first-order valence-electron chi connectivity index (χ1n) is 5.72. The number of rotatable bonds is 1. The van der Waals surface area contributed by atoms with E-state index in [9.17, 15) is 0 Å². The smallest absolute Gasteiger partial charge is 0.179 e. The van der Waals surface area contributed by atoms with Gasteiger partial charge in [-0.05, 0) is 49.5 Å². The molecule has 1 aliphatic carbocycles. The van der Waals surface area contributed by atoms with Crippen LogP contribution in [-0.2, 0) is 0 Å². The normalized spacial score (nSPS) is 24.6. The van der Waals surface area contributed by atoms with E-state index in [1.807, 2.05) is 12.3 Å². The highest BCUT2D eigenvalue weighted by Crippen LogP contribution is 2.39. The minimum atomic E-state index is 0.547. The van der Waals surface area contributed by atoms with Gasteiger partial charge in [-0.3, -0.25) is 4.57 Å². The van der Waals surface area contributed by atoms with Crippen LogP contribution in [0.25, 0.3) is 11.2 Å². The summed E-state index contributed by atoms with van der Waals surface area (Å²) in [6.07, 6.45) is 4.30. The molecule has 1 N–H and O–H groups in total. The van der Waals surface area contributed by atoms with Gasteiger partial charge < -0.3 is 4.98 Å². The molecule has 2 heterocycles. The Bertz CT molecular complexity index is 590. The Morgan fingerprint density at radius 3 is 2.94 bits per heavy atom. The van der Waals surface area contributed by atoms with E-state index in [1.54, 1.807) is 0 Å². The Morgan fingerprint density at radius 2 is 2.25 bits per heavy atom. The van der Waals surface area contributed by atoms with Crippen LogP contribution in [-0.4, -0.2) is 14.5 Å². The second-order valence-corrected chi connectivity index (χ2v) is 5.24. The maximum atomic E-state index is 5.40. The predicted molar refractivity (Wildman–Crippen MR) is 67.1 cm³/mol. The van der Waals surface area contributed by atoms with Gasteiger partial charge in [-0.2, -0.15) is 0 Å². The molecule has 1 fully saturated rings. The number of aromatic amines is 1. The van der Waals surface area contributed by atoms with Crippen LogP contribution in [0.1, 0.15) is 31.4 Å². The average molecular weight is 233 g/mol. The van der Waals surface area contributed by atoms with Crippen LogP contribution >= 0.6 is 12.2 Å². The van der Waals surface area contributed by atoms with Gasteiger partial charge in [0.05, 0.1) is 5.52 Å². The fraction of sp³-hybridized carbons (Fsp3) is 0.500. The van der Waals surface area contributed by atoms with E-state index in [-0.39, 0.29) is 0 Å². The third kappa shape index (κ3) is 1.33. The minimum Gasteiger partial charge on any atom is -0.329 e. The summed E-state index contributed by atoms with van der Waals surface area (Å²) in [5.74, 6) is 0.821. The summed E-state index contributed by atoms with van der Waals surface area (Å²) in [4.78, 5) is 7.73. The summed E-state index contributed by atoms with van der Waals surface area (Å²) in [6, 6.07) is 2.56. The molecule has 4 heteroatoms. The molecule has 3 rings (SSSR count). The Morgan fingerprint density at radius 1 is 1.50 bits per heavy atom. The molecule has 3 nitrogen and oxygen atoms in total. The maximum absolute atomic E-state index is 5.40. The van der Waals surface area contributed by atoms with Crippen LogP contribution < -0.4 is 0 Å². The molecular formula is C12H15N3S. The summed E-state index contributed by atoms with van der Waals surface area (Å²) in [5, 5.41) is 0. The second-order valence-electron chi connectivity index (χ2n) is 4.86. The molecule has 2 aromatic rings. The Hall–Kier alpha value is -1.16. The van der Waals surface area contributed by atoms with Gasteiger partial charge in [0.25, 0.3) is 0 Å². The van der Waals surface area contributed by atoms with Crippen molar-refractivity contribution in [3.63, 3.8) is 0 Å². The van der Waals surface area contributed by atoms with Crippen molar-refractivity contribution in [1.29, 1.82) is 0 Å². The first kappa shape index (κ1) is 10.0. The molecule has 0 saturated heterocycles. The lowest BCUT2D eigenvalue weighted by molar-refractivity contribution is 0.218. The number of hydrogen-bond donors (Lipinski definition) is 1. The molecule has 1 aliphatic rings. The van der Waals surface area contributed by atoms with Crippen LogP contribution in [0, 0.1) is 17.6 Å². The van der Waals surface area contributed by atoms with Gasteiger partial charge in [0, 0.05) is 12.2 Å². The quantitative estimate of drug-likeness (QED) is 0.766. The maximum Gasteiger partial charge on any atom is 0.179 e. The highest BCUT2D eigenvalue weighted by molar-refractivity contribution is 7.71. The van der Waals surface area contributed by atoms with Crippen LogP contribution in [0.3, 0.4) is 0 Å². The van der Waals surface area contributed by atoms with Crippen LogP contribution in [0.5, 0.6) is 0 Å². The fourth-order valence-corrected chi connectivity index (χ4v) is 2.89. The molecule has 0 spiro atoms. The summed E-state index contributed by atoms with van der Waals surface area (Å²) in [5.41, 5.74) is 3.32. The zero-order valence-corrected chi connectivity index (χ0v) is 10.3. The third-order valence-corrected chi connectivity index (χ3v) is 3.83. The predicted octanol–water partition coefficient (Wildman–Crippen LogP) is 3.37. The van der Waals surface area contributed by atoms with Gasteiger partial charge in [0.2, 0.25) is 0 Å². The first-order valence-corrected chi connectivity index (χ1v) is 6.13. The van der Waals surface area contributed by atoms with E-state index in [1.165, 1.54) is 18.4 Å². The Balaban J connectivity index is 2.21. The Labute approximate surface area is 99.5 Å². The summed E-state index contributed by atoms with van der Waals surface area (Å²) in [7, 11) is 0. The molecule has 2 aromatic heterocycles. The largest absolute Gasteiger partial charge is 0.329 e. The number of aryl methyl sites for hydroxylation is 1. The highest BCUT2D eigenvalue weighted by atomic mass is 32.1. The molecule has 1 saturated carbocycles. The minimum absolute atomic E-state index is 0.547. The number of nitrogens with one attached hydrogen (secondary N) is 1. The van der Waals surface area contributed by atoms with Crippen molar-refractivity contribution in [3.8, 4) is 0 Å². The van der Waals surface area contributed by atoms with Crippen molar-refractivity contribution >= 4 is 23.4 Å². The molecule has 84 valence electrons. The van der Waals surface area contributed by atoms with Crippen molar-refractivity contribution < 1.29 is 0 Å². The SMILES string of the molecule is Cc1ccnc2c1[nH]c(=S)n2C1CC(C)C1. The lowest BCUT2D eigenvalue weighted by Crippen LogP contribution is -2.24. The van der Waals surface area contributed by atoms with Crippen LogP contribution in [0.15, 0.2) is 12.3 Å². The molecule has 0 bridgehead atoms. The van der Waals surface area contributed by atoms with E-state index in [4.69, 9.17) is 12.2 Å². The van der Waals surface area contributed by atoms with Crippen molar-refractivity contribution in [2.45, 2.75) is 32.7 Å². The van der Waals surface area contributed by atoms with Gasteiger partial charge in [-0.15, -0.1) is 0 Å². The van der Waals surface area contributed by atoms with E-state index in [2.05, 4.69) is 28.4 Å². The van der Waals surface area contributed by atoms with Crippen LogP contribution in [0.2, 0.25) is 0 Å². The Kier molecular flexibility index (Phi) is 2.14. The summed E-state index contributed by atoms with van der Waals surface area (Å²) in [6.45, 7) is 4.37. The van der Waals surface area contributed by atoms with Crippen molar-refractivity contribution in [3.05, 3.63) is 22.6 Å². The van der Waals surface area contributed by atoms with Crippen molar-refractivity contribution in [2.24, 2.45) is 5.92 Å². The molecule has 0 aromatic carbocycles. The molecule has 0 unspecified atom stereocenters. The number of pyridine rings is 1. The zero-order valence-electron chi connectivity index (χ0n) is 9.53. The van der Waals surface area contributed by atoms with E-state index >= 15 is 0 Å². The monoisotopic (exact) mass is 233 g/mol. The van der Waals surface area contributed by atoms with Gasteiger partial charge in [-0.25, -0.2) is 4.98 Å². The molecule has 0 atom stereocenters. The first-order chi connectivity index (χ1) is 7.66. The molecule has 0 radical (unpaired) electrons. The average Bonchev–Trinajstić information content (AvgIpc) is 2.52. The number of aromatic nitrogens is 3. The highest BCUT2D eigenvalue weighted by Gasteiger charge is 2.29. The fourth-order valence-electron chi connectivity index (χ4n) is 2.55. The van der Waals surface area contributed by atoms with Gasteiger partial charge in [-0.1, -0.05) is 6.92 Å². The zero-order chi connectivity index (χ0) is 11.3. The van der Waals surface area contributed by atoms with E-state index < -0.39 is 0 Å². The van der Waals surface area contributed by atoms with Crippen LogP contribution in [0.4, 0.5) is 0 Å². The third-order valence-electron chi connectivity index (χ3n) is 3.53. The number of H-pyrrole nitrogens is 1. The van der Waals surface area contributed by atoms with E-state index in [0.717, 1.165) is 21.9 Å². The molecule has 0 aliphatic heterocycles. The molecule has 16 heavy (non-hydrogen) atoms.